The molecule has 0 aliphatic heterocycles. The Bertz CT molecular complexity index is 228. The van der Waals surface area contributed by atoms with Gasteiger partial charge < -0.3 is 5.32 Å². The van der Waals surface area contributed by atoms with Gasteiger partial charge in [-0.1, -0.05) is 30.9 Å². The molecule has 0 aromatic heterocycles. The SMILES string of the molecule is C=Cc1ccccc1NC. The van der Waals surface area contributed by atoms with Crippen molar-refractivity contribution in [3.63, 3.8) is 0 Å². The molecule has 52 valence electrons. The van der Waals surface area contributed by atoms with Crippen LogP contribution in [0.25, 0.3) is 6.08 Å². The van der Waals surface area contributed by atoms with Crippen LogP contribution in [0.15, 0.2) is 30.8 Å². The summed E-state index contributed by atoms with van der Waals surface area (Å²) in [6.07, 6.45) is 1.84. The van der Waals surface area contributed by atoms with Gasteiger partial charge >= 0.3 is 0 Å². The Balaban J connectivity index is 3.08. The Kier molecular flexibility index (Phi) is 2.11. The third kappa shape index (κ3) is 1.18. The zero-order chi connectivity index (χ0) is 7.40. The Labute approximate surface area is 61.4 Å². The molecule has 1 nitrogen and oxygen atoms in total. The van der Waals surface area contributed by atoms with Gasteiger partial charge in [0.05, 0.1) is 0 Å². The predicted molar refractivity (Wildman–Crippen MR) is 46.1 cm³/mol. The first-order valence-electron chi connectivity index (χ1n) is 3.27. The van der Waals surface area contributed by atoms with Crippen LogP contribution in [-0.4, -0.2) is 7.05 Å². The van der Waals surface area contributed by atoms with Crippen LogP contribution in [0.3, 0.4) is 0 Å². The molecule has 0 fully saturated rings. The summed E-state index contributed by atoms with van der Waals surface area (Å²) in [5.41, 5.74) is 2.27. The van der Waals surface area contributed by atoms with Gasteiger partial charge in [0.25, 0.3) is 0 Å². The van der Waals surface area contributed by atoms with Gasteiger partial charge in [-0.3, -0.25) is 0 Å². The van der Waals surface area contributed by atoms with Gasteiger partial charge in [-0.05, 0) is 11.6 Å². The fourth-order valence-corrected chi connectivity index (χ4v) is 0.903. The first-order chi connectivity index (χ1) is 4.88. The molecule has 1 rings (SSSR count). The molecular formula is C9H11N. The zero-order valence-electron chi connectivity index (χ0n) is 6.09. The van der Waals surface area contributed by atoms with Crippen molar-refractivity contribution in [3.8, 4) is 0 Å². The minimum atomic E-state index is 1.12. The number of anilines is 1. The van der Waals surface area contributed by atoms with Crippen LogP contribution in [0.2, 0.25) is 0 Å². The molecule has 1 aromatic rings. The van der Waals surface area contributed by atoms with Gasteiger partial charge in [0.15, 0.2) is 0 Å². The van der Waals surface area contributed by atoms with Crippen LogP contribution in [0, 0.1) is 0 Å². The van der Waals surface area contributed by atoms with E-state index in [1.807, 2.05) is 37.4 Å². The van der Waals surface area contributed by atoms with E-state index in [1.54, 1.807) is 0 Å². The maximum Gasteiger partial charge on any atom is 0.0410 e. The highest BCUT2D eigenvalue weighted by molar-refractivity contribution is 5.64. The fourth-order valence-electron chi connectivity index (χ4n) is 0.903. The van der Waals surface area contributed by atoms with Gasteiger partial charge in [0.1, 0.15) is 0 Å². The lowest BCUT2D eigenvalue weighted by Crippen LogP contribution is -1.89. The zero-order valence-corrected chi connectivity index (χ0v) is 6.09. The maximum absolute atomic E-state index is 3.70. The van der Waals surface area contributed by atoms with Gasteiger partial charge in [0.2, 0.25) is 0 Å². The molecule has 0 aliphatic carbocycles. The van der Waals surface area contributed by atoms with E-state index in [0.717, 1.165) is 11.3 Å². The lowest BCUT2D eigenvalue weighted by Gasteiger charge is -2.02. The smallest absolute Gasteiger partial charge is 0.0410 e. The second-order valence-corrected chi connectivity index (χ2v) is 2.04. The molecule has 0 heterocycles. The molecule has 0 aliphatic rings. The van der Waals surface area contributed by atoms with Gasteiger partial charge in [-0.15, -0.1) is 0 Å². The van der Waals surface area contributed by atoms with Crippen molar-refractivity contribution < 1.29 is 0 Å². The van der Waals surface area contributed by atoms with E-state index in [9.17, 15) is 0 Å². The number of hydrogen-bond donors (Lipinski definition) is 1. The summed E-state index contributed by atoms with van der Waals surface area (Å²) >= 11 is 0. The normalized spacial score (nSPS) is 8.90. The molecule has 0 unspecified atom stereocenters. The lowest BCUT2D eigenvalue weighted by atomic mass is 10.2. The predicted octanol–water partition coefficient (Wildman–Crippen LogP) is 2.37. The highest BCUT2D eigenvalue weighted by Crippen LogP contribution is 2.14. The third-order valence-electron chi connectivity index (χ3n) is 1.45. The number of hydrogen-bond acceptors (Lipinski definition) is 1. The van der Waals surface area contributed by atoms with Crippen LogP contribution in [0.5, 0.6) is 0 Å². The topological polar surface area (TPSA) is 12.0 Å². The average molecular weight is 133 g/mol. The summed E-state index contributed by atoms with van der Waals surface area (Å²) in [4.78, 5) is 0. The van der Waals surface area contributed by atoms with E-state index in [4.69, 9.17) is 0 Å². The summed E-state index contributed by atoms with van der Waals surface area (Å²) < 4.78 is 0. The van der Waals surface area contributed by atoms with Crippen molar-refractivity contribution in [2.24, 2.45) is 0 Å². The van der Waals surface area contributed by atoms with Crippen molar-refractivity contribution >= 4 is 11.8 Å². The maximum atomic E-state index is 3.70. The molecule has 0 saturated heterocycles. The molecule has 0 bridgehead atoms. The minimum absolute atomic E-state index is 1.12. The first kappa shape index (κ1) is 6.87. The quantitative estimate of drug-likeness (QED) is 0.653. The molecule has 0 radical (unpaired) electrons. The Morgan fingerprint density at radius 1 is 1.40 bits per heavy atom. The summed E-state index contributed by atoms with van der Waals surface area (Å²) in [5, 5.41) is 3.08. The summed E-state index contributed by atoms with van der Waals surface area (Å²) in [6.45, 7) is 3.70. The number of benzene rings is 1. The van der Waals surface area contributed by atoms with Crippen LogP contribution in [0.1, 0.15) is 5.56 Å². The summed E-state index contributed by atoms with van der Waals surface area (Å²) in [5.74, 6) is 0. The highest BCUT2D eigenvalue weighted by atomic mass is 14.8. The lowest BCUT2D eigenvalue weighted by molar-refractivity contribution is 1.50. The highest BCUT2D eigenvalue weighted by Gasteiger charge is 1.91. The first-order valence-corrected chi connectivity index (χ1v) is 3.27. The Hall–Kier alpha value is -1.24. The van der Waals surface area contributed by atoms with E-state index < -0.39 is 0 Å². The van der Waals surface area contributed by atoms with Crippen LogP contribution < -0.4 is 5.32 Å². The average Bonchev–Trinajstić information content (AvgIpc) is 2.04. The largest absolute Gasteiger partial charge is 0.388 e. The number of rotatable bonds is 2. The van der Waals surface area contributed by atoms with E-state index >= 15 is 0 Å². The van der Waals surface area contributed by atoms with E-state index in [1.165, 1.54) is 0 Å². The van der Waals surface area contributed by atoms with Gasteiger partial charge in [-0.2, -0.15) is 0 Å². The monoisotopic (exact) mass is 133 g/mol. The molecule has 10 heavy (non-hydrogen) atoms. The van der Waals surface area contributed by atoms with Gasteiger partial charge in [0, 0.05) is 12.7 Å². The fraction of sp³-hybridized carbons (Fsp3) is 0.111. The molecule has 1 N–H and O–H groups in total. The van der Waals surface area contributed by atoms with E-state index in [-0.39, 0.29) is 0 Å². The minimum Gasteiger partial charge on any atom is -0.388 e. The van der Waals surface area contributed by atoms with Crippen molar-refractivity contribution in [3.05, 3.63) is 36.4 Å². The van der Waals surface area contributed by atoms with E-state index in [2.05, 4.69) is 11.9 Å². The Morgan fingerprint density at radius 2 is 2.10 bits per heavy atom. The van der Waals surface area contributed by atoms with Crippen molar-refractivity contribution in [1.29, 1.82) is 0 Å². The second kappa shape index (κ2) is 3.06. The summed E-state index contributed by atoms with van der Waals surface area (Å²) in [6, 6.07) is 8.05. The van der Waals surface area contributed by atoms with Crippen LogP contribution in [0.4, 0.5) is 5.69 Å². The standard InChI is InChI=1S/C9H11N/c1-3-8-6-4-5-7-9(8)10-2/h3-7,10H,1H2,2H3. The molecule has 0 atom stereocenters. The molecule has 0 amide bonds. The van der Waals surface area contributed by atoms with Crippen LogP contribution in [-0.2, 0) is 0 Å². The molecular weight excluding hydrogens is 122 g/mol. The van der Waals surface area contributed by atoms with Gasteiger partial charge in [-0.25, -0.2) is 0 Å². The van der Waals surface area contributed by atoms with Crippen molar-refractivity contribution in [2.45, 2.75) is 0 Å². The molecule has 1 aromatic carbocycles. The third-order valence-corrected chi connectivity index (χ3v) is 1.45. The van der Waals surface area contributed by atoms with Crippen molar-refractivity contribution in [1.82, 2.24) is 0 Å². The molecule has 0 spiro atoms. The Morgan fingerprint density at radius 3 is 2.60 bits per heavy atom. The molecule has 1 heteroatoms. The van der Waals surface area contributed by atoms with Crippen LogP contribution >= 0.6 is 0 Å². The summed E-state index contributed by atoms with van der Waals surface area (Å²) in [7, 11) is 1.91. The van der Waals surface area contributed by atoms with Crippen molar-refractivity contribution in [2.75, 3.05) is 12.4 Å². The second-order valence-electron chi connectivity index (χ2n) is 2.04. The number of para-hydroxylation sites is 1. The van der Waals surface area contributed by atoms with E-state index in [0.29, 0.717) is 0 Å². The number of nitrogens with one attached hydrogen (secondary N) is 1. The molecule has 0 saturated carbocycles.